The Kier molecular flexibility index (Phi) is 3.85. The van der Waals surface area contributed by atoms with Gasteiger partial charge in [-0.25, -0.2) is 0 Å². The van der Waals surface area contributed by atoms with Gasteiger partial charge in [0.25, 0.3) is 0 Å². The fourth-order valence-electron chi connectivity index (χ4n) is 2.44. The Morgan fingerprint density at radius 1 is 1.26 bits per heavy atom. The molecule has 0 atom stereocenters. The molecule has 3 heteroatoms. The van der Waals surface area contributed by atoms with Crippen molar-refractivity contribution in [1.82, 2.24) is 5.32 Å². The average molecular weight is 261 g/mol. The van der Waals surface area contributed by atoms with Crippen molar-refractivity contribution in [1.29, 1.82) is 0 Å². The first-order valence-corrected chi connectivity index (χ1v) is 6.78. The van der Waals surface area contributed by atoms with Crippen molar-refractivity contribution in [3.8, 4) is 5.75 Å². The van der Waals surface area contributed by atoms with Gasteiger partial charge < -0.3 is 14.5 Å². The Hall–Kier alpha value is -1.48. The number of rotatable bonds is 4. The lowest BCUT2D eigenvalue weighted by Gasteiger charge is -2.19. The lowest BCUT2D eigenvalue weighted by molar-refractivity contribution is 0.415. The molecule has 0 saturated heterocycles. The summed E-state index contributed by atoms with van der Waals surface area (Å²) in [6.45, 7) is 10.4. The third kappa shape index (κ3) is 2.76. The van der Waals surface area contributed by atoms with E-state index in [1.54, 1.807) is 7.11 Å². The molecule has 0 radical (unpaired) electrons. The maximum absolute atomic E-state index is 6.01. The smallest absolute Gasteiger partial charge is 0.134 e. The first-order chi connectivity index (χ1) is 8.97. The Labute approximate surface area is 114 Å². The van der Waals surface area contributed by atoms with Gasteiger partial charge in [-0.3, -0.25) is 0 Å². The van der Waals surface area contributed by atoms with Crippen LogP contribution in [0.4, 0.5) is 0 Å². The van der Waals surface area contributed by atoms with E-state index in [1.807, 2.05) is 12.1 Å². The molecule has 0 aliphatic rings. The number of nitrogens with one attached hydrogen (secondary N) is 1. The van der Waals surface area contributed by atoms with Gasteiger partial charge in [0.1, 0.15) is 17.1 Å². The second-order valence-electron chi connectivity index (χ2n) is 5.79. The molecule has 104 valence electrons. The summed E-state index contributed by atoms with van der Waals surface area (Å²) in [5, 5.41) is 4.49. The fourth-order valence-corrected chi connectivity index (χ4v) is 2.44. The molecule has 1 aromatic carbocycles. The summed E-state index contributed by atoms with van der Waals surface area (Å²) in [4.78, 5) is 0. The van der Waals surface area contributed by atoms with E-state index in [1.165, 1.54) is 5.56 Å². The summed E-state index contributed by atoms with van der Waals surface area (Å²) >= 11 is 0. The third-order valence-corrected chi connectivity index (χ3v) is 3.25. The van der Waals surface area contributed by atoms with Crippen LogP contribution in [-0.4, -0.2) is 13.7 Å². The molecule has 3 nitrogen and oxygen atoms in total. The molecule has 0 spiro atoms. The van der Waals surface area contributed by atoms with Crippen LogP contribution in [-0.2, 0) is 12.0 Å². The highest BCUT2D eigenvalue weighted by atomic mass is 16.5. The Morgan fingerprint density at radius 2 is 2.00 bits per heavy atom. The normalized spacial score (nSPS) is 12.1. The van der Waals surface area contributed by atoms with E-state index in [2.05, 4.69) is 39.1 Å². The lowest BCUT2D eigenvalue weighted by Crippen LogP contribution is -2.18. The van der Waals surface area contributed by atoms with Gasteiger partial charge in [0, 0.05) is 10.9 Å². The average Bonchev–Trinajstić information content (AvgIpc) is 2.72. The molecule has 1 aromatic heterocycles. The zero-order chi connectivity index (χ0) is 14.0. The first-order valence-electron chi connectivity index (χ1n) is 6.78. The summed E-state index contributed by atoms with van der Waals surface area (Å²) in [5.41, 5.74) is 2.24. The molecule has 19 heavy (non-hydrogen) atoms. The quantitative estimate of drug-likeness (QED) is 0.907. The number of ether oxygens (including phenoxy) is 1. The van der Waals surface area contributed by atoms with Crippen LogP contribution in [0, 0.1) is 0 Å². The van der Waals surface area contributed by atoms with Crippen LogP contribution in [0.5, 0.6) is 5.75 Å². The van der Waals surface area contributed by atoms with E-state index >= 15 is 0 Å². The molecule has 2 rings (SSSR count). The van der Waals surface area contributed by atoms with Crippen LogP contribution >= 0.6 is 0 Å². The second kappa shape index (κ2) is 5.25. The molecule has 1 heterocycles. The van der Waals surface area contributed by atoms with Gasteiger partial charge in [-0.2, -0.15) is 0 Å². The van der Waals surface area contributed by atoms with Crippen molar-refractivity contribution in [2.75, 3.05) is 13.7 Å². The molecule has 0 amide bonds. The number of benzene rings is 1. The van der Waals surface area contributed by atoms with E-state index < -0.39 is 0 Å². The van der Waals surface area contributed by atoms with Crippen molar-refractivity contribution in [3.63, 3.8) is 0 Å². The number of methoxy groups -OCH3 is 1. The van der Waals surface area contributed by atoms with Gasteiger partial charge >= 0.3 is 0 Å². The third-order valence-electron chi connectivity index (χ3n) is 3.25. The Balaban J connectivity index is 2.61. The minimum Gasteiger partial charge on any atom is -0.497 e. The predicted molar refractivity (Wildman–Crippen MR) is 78.8 cm³/mol. The molecule has 0 aliphatic carbocycles. The molecular weight excluding hydrogens is 238 g/mol. The predicted octanol–water partition coefficient (Wildman–Crippen LogP) is 3.85. The van der Waals surface area contributed by atoms with Crippen molar-refractivity contribution in [2.45, 2.75) is 39.7 Å². The lowest BCUT2D eigenvalue weighted by atomic mass is 9.84. The summed E-state index contributed by atoms with van der Waals surface area (Å²) < 4.78 is 11.3. The summed E-state index contributed by atoms with van der Waals surface area (Å²) in [5.74, 6) is 1.89. The van der Waals surface area contributed by atoms with Crippen LogP contribution in [0.25, 0.3) is 11.0 Å². The van der Waals surface area contributed by atoms with Crippen LogP contribution < -0.4 is 10.1 Å². The van der Waals surface area contributed by atoms with E-state index in [4.69, 9.17) is 9.15 Å². The minimum absolute atomic E-state index is 0.0440. The topological polar surface area (TPSA) is 34.4 Å². The standard InChI is InChI=1S/C16H23NO2/c1-6-17-10-14-15(16(2,3)4)12-9-11(18-5)7-8-13(12)19-14/h7-9,17H,6,10H2,1-5H3. The van der Waals surface area contributed by atoms with Gasteiger partial charge in [0.2, 0.25) is 0 Å². The molecule has 1 N–H and O–H groups in total. The first kappa shape index (κ1) is 13.9. The van der Waals surface area contributed by atoms with Gasteiger partial charge in [-0.1, -0.05) is 27.7 Å². The van der Waals surface area contributed by atoms with E-state index in [0.717, 1.165) is 35.6 Å². The van der Waals surface area contributed by atoms with Gasteiger partial charge in [-0.05, 0) is 30.2 Å². The summed E-state index contributed by atoms with van der Waals surface area (Å²) in [6, 6.07) is 5.99. The molecular formula is C16H23NO2. The number of hydrogen-bond acceptors (Lipinski definition) is 3. The highest BCUT2D eigenvalue weighted by Crippen LogP contribution is 2.37. The van der Waals surface area contributed by atoms with Crippen LogP contribution in [0.15, 0.2) is 22.6 Å². The molecule has 0 saturated carbocycles. The maximum Gasteiger partial charge on any atom is 0.134 e. The molecule has 0 fully saturated rings. The molecule has 0 bridgehead atoms. The zero-order valence-electron chi connectivity index (χ0n) is 12.5. The fraction of sp³-hybridized carbons (Fsp3) is 0.500. The Bertz CT molecular complexity index is 564. The van der Waals surface area contributed by atoms with E-state index in [9.17, 15) is 0 Å². The van der Waals surface area contributed by atoms with Gasteiger partial charge in [-0.15, -0.1) is 0 Å². The summed E-state index contributed by atoms with van der Waals surface area (Å²) in [7, 11) is 1.69. The van der Waals surface area contributed by atoms with Crippen molar-refractivity contribution >= 4 is 11.0 Å². The second-order valence-corrected chi connectivity index (χ2v) is 5.79. The van der Waals surface area contributed by atoms with Crippen molar-refractivity contribution < 1.29 is 9.15 Å². The monoisotopic (exact) mass is 261 g/mol. The van der Waals surface area contributed by atoms with E-state index in [-0.39, 0.29) is 5.41 Å². The van der Waals surface area contributed by atoms with Crippen molar-refractivity contribution in [3.05, 3.63) is 29.5 Å². The highest BCUT2D eigenvalue weighted by molar-refractivity contribution is 5.85. The number of furan rings is 1. The van der Waals surface area contributed by atoms with E-state index in [0.29, 0.717) is 0 Å². The highest BCUT2D eigenvalue weighted by Gasteiger charge is 2.25. The number of fused-ring (bicyclic) bond motifs is 1. The maximum atomic E-state index is 6.01. The molecule has 0 aliphatic heterocycles. The Morgan fingerprint density at radius 3 is 2.58 bits per heavy atom. The van der Waals surface area contributed by atoms with Crippen LogP contribution in [0.3, 0.4) is 0 Å². The SMILES string of the molecule is CCNCc1oc2ccc(OC)cc2c1C(C)(C)C. The minimum atomic E-state index is 0.0440. The zero-order valence-corrected chi connectivity index (χ0v) is 12.5. The van der Waals surface area contributed by atoms with Gasteiger partial charge in [0.15, 0.2) is 0 Å². The van der Waals surface area contributed by atoms with Crippen LogP contribution in [0.1, 0.15) is 39.0 Å². The van der Waals surface area contributed by atoms with Crippen molar-refractivity contribution in [2.24, 2.45) is 0 Å². The molecule has 0 unspecified atom stereocenters. The van der Waals surface area contributed by atoms with Crippen LogP contribution in [0.2, 0.25) is 0 Å². The number of hydrogen-bond donors (Lipinski definition) is 1. The largest absolute Gasteiger partial charge is 0.497 e. The summed E-state index contributed by atoms with van der Waals surface area (Å²) in [6.07, 6.45) is 0. The van der Waals surface area contributed by atoms with Gasteiger partial charge in [0.05, 0.1) is 13.7 Å². The molecule has 2 aromatic rings.